The van der Waals surface area contributed by atoms with Crippen LogP contribution in [0.4, 0.5) is 34.1 Å². The van der Waals surface area contributed by atoms with Crippen LogP contribution in [0.25, 0.3) is 87.6 Å². The Kier molecular flexibility index (Phi) is 10.9. The van der Waals surface area contributed by atoms with E-state index >= 15 is 0 Å². The lowest BCUT2D eigenvalue weighted by molar-refractivity contribution is 1.31. The molecule has 0 atom stereocenters. The van der Waals surface area contributed by atoms with Gasteiger partial charge >= 0.3 is 0 Å². The normalized spacial score (nSPS) is 11.3. The van der Waals surface area contributed by atoms with Crippen LogP contribution in [0.15, 0.2) is 291 Å². The molecule has 0 spiro atoms. The molecule has 2 nitrogen and oxygen atoms in total. The first-order chi connectivity index (χ1) is 35.7. The van der Waals surface area contributed by atoms with E-state index in [2.05, 4.69) is 301 Å². The molecule has 0 unspecified atom stereocenters. The monoisotopic (exact) mass is 916 g/mol. The Morgan fingerprint density at radius 1 is 0.181 bits per heavy atom. The summed E-state index contributed by atoms with van der Waals surface area (Å²) in [4.78, 5) is 5.05. The van der Waals surface area contributed by atoms with Crippen molar-refractivity contribution >= 4 is 77.2 Å². The number of fused-ring (bicyclic) bond motifs is 4. The number of anilines is 6. The van der Waals surface area contributed by atoms with Crippen molar-refractivity contribution in [2.75, 3.05) is 9.80 Å². The third-order valence-electron chi connectivity index (χ3n) is 14.2. The zero-order valence-corrected chi connectivity index (χ0v) is 39.6. The second-order valence-electron chi connectivity index (χ2n) is 18.4. The van der Waals surface area contributed by atoms with Crippen molar-refractivity contribution < 1.29 is 0 Å². The molecule has 0 fully saturated rings. The van der Waals surface area contributed by atoms with E-state index in [9.17, 15) is 0 Å². The Morgan fingerprint density at radius 3 is 0.847 bits per heavy atom. The van der Waals surface area contributed by atoms with Gasteiger partial charge in [0.2, 0.25) is 0 Å². The van der Waals surface area contributed by atoms with Crippen molar-refractivity contribution in [3.63, 3.8) is 0 Å². The Balaban J connectivity index is 1.18. The minimum atomic E-state index is 1.07. The molecule has 13 rings (SSSR count). The molecule has 13 aromatic rings. The summed E-state index contributed by atoms with van der Waals surface area (Å²) in [6, 6.07) is 106. The molecule has 0 aliphatic carbocycles. The maximum Gasteiger partial charge on any atom is 0.0620 e. The average Bonchev–Trinajstić information content (AvgIpc) is 3.47. The van der Waals surface area contributed by atoms with Crippen molar-refractivity contribution in [3.8, 4) is 44.5 Å². The van der Waals surface area contributed by atoms with E-state index in [1.807, 2.05) is 0 Å². The average molecular weight is 917 g/mol. The van der Waals surface area contributed by atoms with Crippen LogP contribution in [-0.4, -0.2) is 0 Å². The van der Waals surface area contributed by atoms with Crippen LogP contribution in [0.3, 0.4) is 0 Å². The fraction of sp³-hybridized carbons (Fsp3) is 0. The van der Waals surface area contributed by atoms with Gasteiger partial charge in [-0.2, -0.15) is 0 Å². The van der Waals surface area contributed by atoms with Crippen molar-refractivity contribution in [1.82, 2.24) is 0 Å². The van der Waals surface area contributed by atoms with Crippen LogP contribution in [0.2, 0.25) is 0 Å². The van der Waals surface area contributed by atoms with Gasteiger partial charge in [-0.15, -0.1) is 0 Å². The molecule has 2 heteroatoms. The lowest BCUT2D eigenvalue weighted by Crippen LogP contribution is -2.15. The van der Waals surface area contributed by atoms with E-state index in [0.717, 1.165) is 77.9 Å². The summed E-state index contributed by atoms with van der Waals surface area (Å²) in [6.07, 6.45) is 0. The minimum absolute atomic E-state index is 1.07. The van der Waals surface area contributed by atoms with E-state index in [1.54, 1.807) is 0 Å². The molecule has 0 aliphatic rings. The predicted molar refractivity (Wildman–Crippen MR) is 308 cm³/mol. The van der Waals surface area contributed by atoms with E-state index in [-0.39, 0.29) is 0 Å². The van der Waals surface area contributed by atoms with E-state index < -0.39 is 0 Å². The second-order valence-corrected chi connectivity index (χ2v) is 18.4. The van der Waals surface area contributed by atoms with Crippen LogP contribution in [0, 0.1) is 0 Å². The second kappa shape index (κ2) is 18.4. The molecule has 0 N–H and O–H groups in total. The van der Waals surface area contributed by atoms with Crippen molar-refractivity contribution in [1.29, 1.82) is 0 Å². The molecule has 0 saturated heterocycles. The highest BCUT2D eigenvalue weighted by molar-refractivity contribution is 6.25. The lowest BCUT2D eigenvalue weighted by atomic mass is 9.90. The van der Waals surface area contributed by atoms with Gasteiger partial charge in [-0.1, -0.05) is 243 Å². The standard InChI is InChI=1S/C70H48N2/c1-5-19-49(20-6-1)53-35-41-59(42-36-53)71(67-33-17-29-55-27-13-15-31-61(55)67)69-63-45-39-58(52-25-11-4-12-26-52)48-66(63)70(64-46-40-57(47-65(64)69)51-23-9-3-10-24-51)72(68-34-18-30-56-28-14-16-32-62(56)68)60-43-37-54(38-44-60)50-21-7-2-8-22-50/h1-48H. The summed E-state index contributed by atoms with van der Waals surface area (Å²) in [7, 11) is 0. The Hall–Kier alpha value is -9.50. The zero-order chi connectivity index (χ0) is 47.8. The molecule has 0 aliphatic heterocycles. The van der Waals surface area contributed by atoms with Gasteiger partial charge in [-0.3, -0.25) is 0 Å². The molecule has 338 valence electrons. The third-order valence-corrected chi connectivity index (χ3v) is 14.2. The highest BCUT2D eigenvalue weighted by atomic mass is 15.2. The van der Waals surface area contributed by atoms with Crippen LogP contribution >= 0.6 is 0 Å². The van der Waals surface area contributed by atoms with Crippen LogP contribution in [-0.2, 0) is 0 Å². The predicted octanol–water partition coefficient (Wildman–Crippen LogP) is 19.9. The maximum atomic E-state index is 2.53. The Morgan fingerprint density at radius 2 is 0.472 bits per heavy atom. The molecule has 13 aromatic carbocycles. The van der Waals surface area contributed by atoms with E-state index in [1.165, 1.54) is 43.8 Å². The first kappa shape index (κ1) is 42.6. The van der Waals surface area contributed by atoms with Gasteiger partial charge in [0.05, 0.1) is 22.7 Å². The van der Waals surface area contributed by atoms with Crippen LogP contribution in [0.5, 0.6) is 0 Å². The highest BCUT2D eigenvalue weighted by Gasteiger charge is 2.28. The molecule has 0 amide bonds. The number of hydrogen-bond donors (Lipinski definition) is 0. The number of rotatable bonds is 10. The molecule has 72 heavy (non-hydrogen) atoms. The fourth-order valence-electron chi connectivity index (χ4n) is 10.7. The SMILES string of the molecule is c1ccc(-c2ccc(N(c3cccc4ccccc34)c3c4ccc(-c5ccccc5)cc4c(N(c4ccc(-c5ccccc5)cc4)c4cccc5ccccc45)c4ccc(-c5ccccc5)cc34)cc2)cc1. The van der Waals surface area contributed by atoms with Gasteiger partial charge < -0.3 is 9.80 Å². The fourth-order valence-corrected chi connectivity index (χ4v) is 10.7. The van der Waals surface area contributed by atoms with Crippen LogP contribution < -0.4 is 9.80 Å². The van der Waals surface area contributed by atoms with Gasteiger partial charge in [0.25, 0.3) is 0 Å². The van der Waals surface area contributed by atoms with Gasteiger partial charge in [0, 0.05) is 43.7 Å². The summed E-state index contributed by atoms with van der Waals surface area (Å²) < 4.78 is 0. The molecular weight excluding hydrogens is 869 g/mol. The summed E-state index contributed by atoms with van der Waals surface area (Å²) >= 11 is 0. The number of nitrogens with zero attached hydrogens (tertiary/aromatic N) is 2. The molecular formula is C70H48N2. The summed E-state index contributed by atoms with van der Waals surface area (Å²) in [5.41, 5.74) is 15.9. The van der Waals surface area contributed by atoms with Crippen molar-refractivity contribution in [2.24, 2.45) is 0 Å². The minimum Gasteiger partial charge on any atom is -0.309 e. The topological polar surface area (TPSA) is 6.48 Å². The molecule has 0 heterocycles. The first-order valence-corrected chi connectivity index (χ1v) is 24.7. The van der Waals surface area contributed by atoms with Crippen molar-refractivity contribution in [3.05, 3.63) is 291 Å². The largest absolute Gasteiger partial charge is 0.309 e. The first-order valence-electron chi connectivity index (χ1n) is 24.7. The summed E-state index contributed by atoms with van der Waals surface area (Å²) in [6.45, 7) is 0. The molecule has 0 aromatic heterocycles. The van der Waals surface area contributed by atoms with Crippen LogP contribution in [0.1, 0.15) is 0 Å². The van der Waals surface area contributed by atoms with E-state index in [4.69, 9.17) is 0 Å². The molecule has 0 radical (unpaired) electrons. The molecule has 0 bridgehead atoms. The summed E-state index contributed by atoms with van der Waals surface area (Å²) in [5, 5.41) is 9.26. The van der Waals surface area contributed by atoms with Gasteiger partial charge in [0.1, 0.15) is 0 Å². The molecule has 0 saturated carbocycles. The highest BCUT2D eigenvalue weighted by Crippen LogP contribution is 2.54. The van der Waals surface area contributed by atoms with Gasteiger partial charge in [-0.05, 0) is 104 Å². The Bertz CT molecular complexity index is 3780. The Labute approximate surface area is 420 Å². The number of hydrogen-bond acceptors (Lipinski definition) is 2. The lowest BCUT2D eigenvalue weighted by Gasteiger charge is -2.34. The zero-order valence-electron chi connectivity index (χ0n) is 39.6. The van der Waals surface area contributed by atoms with Gasteiger partial charge in [0.15, 0.2) is 0 Å². The third kappa shape index (κ3) is 7.73. The maximum absolute atomic E-state index is 2.53. The number of benzene rings is 13. The van der Waals surface area contributed by atoms with Gasteiger partial charge in [-0.25, -0.2) is 0 Å². The van der Waals surface area contributed by atoms with E-state index in [0.29, 0.717) is 0 Å². The van der Waals surface area contributed by atoms with Crippen molar-refractivity contribution in [2.45, 2.75) is 0 Å². The quantitative estimate of drug-likeness (QED) is 0.0996. The summed E-state index contributed by atoms with van der Waals surface area (Å²) in [5.74, 6) is 0. The smallest absolute Gasteiger partial charge is 0.0620 e.